The molecule has 0 aromatic heterocycles. The van der Waals surface area contributed by atoms with Gasteiger partial charge in [-0.05, 0) is 43.1 Å². The molecular weight excluding hydrogens is 405 g/mol. The van der Waals surface area contributed by atoms with Gasteiger partial charge in [0.1, 0.15) is 11.8 Å². The van der Waals surface area contributed by atoms with E-state index in [1.807, 2.05) is 0 Å². The summed E-state index contributed by atoms with van der Waals surface area (Å²) in [6.07, 6.45) is -3.81. The van der Waals surface area contributed by atoms with Gasteiger partial charge in [0, 0.05) is 12.2 Å². The molecule has 0 spiro atoms. The normalized spacial score (nSPS) is 18.9. The van der Waals surface area contributed by atoms with Gasteiger partial charge in [-0.25, -0.2) is 0 Å². The summed E-state index contributed by atoms with van der Waals surface area (Å²) < 4.78 is 45.0. The van der Waals surface area contributed by atoms with E-state index in [0.29, 0.717) is 35.0 Å². The fourth-order valence-corrected chi connectivity index (χ4v) is 3.88. The molecule has 8 heteroatoms. The van der Waals surface area contributed by atoms with Gasteiger partial charge in [-0.1, -0.05) is 41.9 Å². The average Bonchev–Trinajstić information content (AvgIpc) is 2.69. The molecule has 0 unspecified atom stereocenters. The fourth-order valence-electron chi connectivity index (χ4n) is 3.63. The SMILES string of the molecule is COc1ccc(NC(=O)[C@H](c2ccccc2)N2CCC[C@@H](C(F)(F)F)C2)cc1Cl. The predicted molar refractivity (Wildman–Crippen MR) is 106 cm³/mol. The van der Waals surface area contributed by atoms with E-state index in [-0.39, 0.29) is 13.0 Å². The second-order valence-electron chi connectivity index (χ2n) is 7.03. The minimum Gasteiger partial charge on any atom is -0.495 e. The molecule has 1 aliphatic rings. The zero-order chi connectivity index (χ0) is 21.0. The highest BCUT2D eigenvalue weighted by atomic mass is 35.5. The molecule has 156 valence electrons. The second kappa shape index (κ2) is 9.05. The van der Waals surface area contributed by atoms with Crippen molar-refractivity contribution in [2.45, 2.75) is 25.1 Å². The summed E-state index contributed by atoms with van der Waals surface area (Å²) in [4.78, 5) is 14.7. The molecule has 2 atom stereocenters. The molecule has 0 saturated carbocycles. The molecule has 0 radical (unpaired) electrons. The van der Waals surface area contributed by atoms with Crippen molar-refractivity contribution >= 4 is 23.2 Å². The molecule has 2 aromatic rings. The summed E-state index contributed by atoms with van der Waals surface area (Å²) in [5.74, 6) is -1.38. The average molecular weight is 427 g/mol. The number of hydrogen-bond acceptors (Lipinski definition) is 3. The van der Waals surface area contributed by atoms with Crippen molar-refractivity contribution in [3.63, 3.8) is 0 Å². The molecule has 1 heterocycles. The zero-order valence-electron chi connectivity index (χ0n) is 15.9. The lowest BCUT2D eigenvalue weighted by Gasteiger charge is -2.38. The van der Waals surface area contributed by atoms with Crippen LogP contribution in [0.5, 0.6) is 5.75 Å². The third-order valence-electron chi connectivity index (χ3n) is 5.06. The summed E-state index contributed by atoms with van der Waals surface area (Å²) in [5, 5.41) is 3.11. The van der Waals surface area contributed by atoms with E-state index in [4.69, 9.17) is 16.3 Å². The molecule has 1 N–H and O–H groups in total. The molecule has 1 saturated heterocycles. The Kier molecular flexibility index (Phi) is 6.70. The van der Waals surface area contributed by atoms with Crippen LogP contribution in [0.25, 0.3) is 0 Å². The highest BCUT2D eigenvalue weighted by molar-refractivity contribution is 6.32. The molecule has 1 fully saturated rings. The van der Waals surface area contributed by atoms with Crippen LogP contribution in [-0.4, -0.2) is 37.2 Å². The van der Waals surface area contributed by atoms with Crippen LogP contribution >= 0.6 is 11.6 Å². The number of piperidine rings is 1. The number of alkyl halides is 3. The van der Waals surface area contributed by atoms with Crippen molar-refractivity contribution in [3.8, 4) is 5.75 Å². The van der Waals surface area contributed by atoms with Gasteiger partial charge in [0.25, 0.3) is 0 Å². The number of hydrogen-bond donors (Lipinski definition) is 1. The van der Waals surface area contributed by atoms with Crippen LogP contribution in [0, 0.1) is 5.92 Å². The number of amides is 1. The number of halogens is 4. The third-order valence-corrected chi connectivity index (χ3v) is 5.36. The summed E-state index contributed by atoms with van der Waals surface area (Å²) in [7, 11) is 1.48. The van der Waals surface area contributed by atoms with Crippen LogP contribution in [0.2, 0.25) is 5.02 Å². The summed E-state index contributed by atoms with van der Waals surface area (Å²) in [6.45, 7) is 0.211. The number of nitrogens with one attached hydrogen (secondary N) is 1. The number of benzene rings is 2. The van der Waals surface area contributed by atoms with E-state index in [1.54, 1.807) is 53.4 Å². The first kappa shape index (κ1) is 21.5. The minimum atomic E-state index is -4.28. The van der Waals surface area contributed by atoms with Gasteiger partial charge in [-0.15, -0.1) is 0 Å². The van der Waals surface area contributed by atoms with Gasteiger partial charge >= 0.3 is 6.18 Å². The van der Waals surface area contributed by atoms with Gasteiger partial charge in [0.05, 0.1) is 18.1 Å². The maximum Gasteiger partial charge on any atom is 0.393 e. The van der Waals surface area contributed by atoms with Gasteiger partial charge in [-0.2, -0.15) is 13.2 Å². The number of likely N-dealkylation sites (tertiary alicyclic amines) is 1. The molecule has 29 heavy (non-hydrogen) atoms. The van der Waals surface area contributed by atoms with Crippen LogP contribution in [-0.2, 0) is 4.79 Å². The van der Waals surface area contributed by atoms with Crippen molar-refractivity contribution in [3.05, 3.63) is 59.1 Å². The van der Waals surface area contributed by atoms with Gasteiger partial charge in [0.15, 0.2) is 0 Å². The van der Waals surface area contributed by atoms with E-state index < -0.39 is 24.0 Å². The zero-order valence-corrected chi connectivity index (χ0v) is 16.6. The molecule has 1 aliphatic heterocycles. The first-order valence-electron chi connectivity index (χ1n) is 9.29. The lowest BCUT2D eigenvalue weighted by atomic mass is 9.94. The number of ether oxygens (including phenoxy) is 1. The van der Waals surface area contributed by atoms with E-state index in [1.165, 1.54) is 7.11 Å². The second-order valence-corrected chi connectivity index (χ2v) is 7.43. The lowest BCUT2D eigenvalue weighted by molar-refractivity contribution is -0.189. The molecule has 1 amide bonds. The van der Waals surface area contributed by atoms with E-state index >= 15 is 0 Å². The third kappa shape index (κ3) is 5.22. The van der Waals surface area contributed by atoms with Crippen molar-refractivity contribution in [2.24, 2.45) is 5.92 Å². The predicted octanol–water partition coefficient (Wildman–Crippen LogP) is 5.30. The largest absolute Gasteiger partial charge is 0.495 e. The first-order valence-corrected chi connectivity index (χ1v) is 9.67. The van der Waals surface area contributed by atoms with Gasteiger partial charge < -0.3 is 10.1 Å². The van der Waals surface area contributed by atoms with Gasteiger partial charge in [0.2, 0.25) is 5.91 Å². The Morgan fingerprint density at radius 1 is 1.24 bits per heavy atom. The number of rotatable bonds is 5. The summed E-state index contributed by atoms with van der Waals surface area (Å²) in [6, 6.07) is 12.8. The highest BCUT2D eigenvalue weighted by Crippen LogP contribution is 2.36. The number of methoxy groups -OCH3 is 1. The van der Waals surface area contributed by atoms with Crippen molar-refractivity contribution in [1.82, 2.24) is 4.90 Å². The highest BCUT2D eigenvalue weighted by Gasteiger charge is 2.44. The molecule has 3 rings (SSSR count). The van der Waals surface area contributed by atoms with Crippen LogP contribution < -0.4 is 10.1 Å². The molecule has 0 bridgehead atoms. The number of anilines is 1. The Morgan fingerprint density at radius 3 is 2.59 bits per heavy atom. The maximum atomic E-state index is 13.3. The van der Waals surface area contributed by atoms with E-state index in [2.05, 4.69) is 5.32 Å². The van der Waals surface area contributed by atoms with E-state index in [9.17, 15) is 18.0 Å². The Labute approximate surface area is 172 Å². The summed E-state index contributed by atoms with van der Waals surface area (Å²) in [5.41, 5.74) is 1.10. The molecular formula is C21H22ClF3N2O2. The van der Waals surface area contributed by atoms with Crippen LogP contribution in [0.4, 0.5) is 18.9 Å². The number of carbonyl (C=O) groups is 1. The fraction of sp³-hybridized carbons (Fsp3) is 0.381. The van der Waals surface area contributed by atoms with Gasteiger partial charge in [-0.3, -0.25) is 9.69 Å². The van der Waals surface area contributed by atoms with Crippen molar-refractivity contribution in [1.29, 1.82) is 0 Å². The first-order chi connectivity index (χ1) is 13.8. The Morgan fingerprint density at radius 2 is 1.97 bits per heavy atom. The molecule has 2 aromatic carbocycles. The standard InChI is InChI=1S/C21H22ClF3N2O2/c1-29-18-10-9-16(12-17(18)22)26-20(28)19(14-6-3-2-4-7-14)27-11-5-8-15(13-27)21(23,24)25/h2-4,6-7,9-10,12,15,19H,5,8,11,13H2,1H3,(H,26,28)/t15-,19+/m1/s1. The summed E-state index contributed by atoms with van der Waals surface area (Å²) >= 11 is 6.12. The lowest BCUT2D eigenvalue weighted by Crippen LogP contribution is -2.46. The number of carbonyl (C=O) groups excluding carboxylic acids is 1. The van der Waals surface area contributed by atoms with Crippen LogP contribution in [0.3, 0.4) is 0 Å². The Balaban J connectivity index is 1.86. The maximum absolute atomic E-state index is 13.3. The van der Waals surface area contributed by atoms with Crippen molar-refractivity contribution < 1.29 is 22.7 Å². The quantitative estimate of drug-likeness (QED) is 0.705. The van der Waals surface area contributed by atoms with Crippen LogP contribution in [0.1, 0.15) is 24.4 Å². The molecule has 0 aliphatic carbocycles. The number of nitrogens with zero attached hydrogens (tertiary/aromatic N) is 1. The minimum absolute atomic E-state index is 0.0806. The van der Waals surface area contributed by atoms with Crippen LogP contribution in [0.15, 0.2) is 48.5 Å². The topological polar surface area (TPSA) is 41.6 Å². The Bertz CT molecular complexity index is 846. The van der Waals surface area contributed by atoms with Crippen molar-refractivity contribution in [2.75, 3.05) is 25.5 Å². The Hall–Kier alpha value is -2.25. The monoisotopic (exact) mass is 426 g/mol. The van der Waals surface area contributed by atoms with E-state index in [0.717, 1.165) is 0 Å². The smallest absolute Gasteiger partial charge is 0.393 e. The molecule has 4 nitrogen and oxygen atoms in total.